The summed E-state index contributed by atoms with van der Waals surface area (Å²) in [4.78, 5) is 59.0. The van der Waals surface area contributed by atoms with Gasteiger partial charge >= 0.3 is 6.09 Å². The van der Waals surface area contributed by atoms with E-state index in [2.05, 4.69) is 20.9 Å². The molecule has 2 heterocycles. The smallest absolute Gasteiger partial charge is 0.407 e. The minimum Gasteiger partial charge on any atom is -0.444 e. The number of hydrogen-bond acceptors (Lipinski definition) is 8. The normalized spacial score (nSPS) is 16.2. The molecule has 1 aliphatic heterocycles. The van der Waals surface area contributed by atoms with Crippen LogP contribution in [0, 0.1) is 12.3 Å². The van der Waals surface area contributed by atoms with Crippen molar-refractivity contribution in [1.29, 1.82) is 0 Å². The second kappa shape index (κ2) is 26.0. The summed E-state index contributed by atoms with van der Waals surface area (Å²) < 4.78 is 5.26. The summed E-state index contributed by atoms with van der Waals surface area (Å²) in [5, 5.41) is 19.3. The maximum atomic E-state index is 13.9. The van der Waals surface area contributed by atoms with E-state index in [1.807, 2.05) is 78.2 Å². The highest BCUT2D eigenvalue weighted by molar-refractivity contribution is 7.13. The maximum Gasteiger partial charge on any atom is 0.407 e. The number of β-amino-alcohol motifs (C(OH)–C–C–N with tert-alkyl or cyclic N) is 1. The van der Waals surface area contributed by atoms with Gasteiger partial charge in [0.2, 0.25) is 17.7 Å². The lowest BCUT2D eigenvalue weighted by Crippen LogP contribution is -2.57. The fourth-order valence-electron chi connectivity index (χ4n) is 7.58. The summed E-state index contributed by atoms with van der Waals surface area (Å²) in [5.41, 5.74) is 3.80. The SMILES string of the molecule is Cc1ncsc1-c1ccc(CNC(=O)C2CC(O)CN2C(=O)C(NC(=O)CCCCCCCCCCCCCCCCCCCNC(=O)OC(C)(C)C)C(C)(C)C)cc1. The van der Waals surface area contributed by atoms with Crippen molar-refractivity contribution in [3.05, 3.63) is 41.0 Å². The Morgan fingerprint density at radius 3 is 1.81 bits per heavy atom. The van der Waals surface area contributed by atoms with E-state index in [-0.39, 0.29) is 36.8 Å². The molecule has 3 unspecified atom stereocenters. The number of unbranched alkanes of at least 4 members (excludes halogenated alkanes) is 16. The number of rotatable bonds is 26. The Labute approximate surface area is 359 Å². The third-order valence-electron chi connectivity index (χ3n) is 11.0. The molecule has 4 N–H and O–H groups in total. The molecular formula is C47H77N5O6S. The van der Waals surface area contributed by atoms with Gasteiger partial charge < -0.3 is 30.7 Å². The monoisotopic (exact) mass is 840 g/mol. The van der Waals surface area contributed by atoms with Gasteiger partial charge in [-0.3, -0.25) is 14.4 Å². The lowest BCUT2D eigenvalue weighted by atomic mass is 9.85. The van der Waals surface area contributed by atoms with Gasteiger partial charge in [0.1, 0.15) is 17.7 Å². The molecule has 3 rings (SSSR count). The van der Waals surface area contributed by atoms with Crippen LogP contribution in [0.1, 0.15) is 175 Å². The van der Waals surface area contributed by atoms with Crippen molar-refractivity contribution in [2.24, 2.45) is 5.41 Å². The predicted molar refractivity (Wildman–Crippen MR) is 239 cm³/mol. The van der Waals surface area contributed by atoms with E-state index in [4.69, 9.17) is 4.74 Å². The van der Waals surface area contributed by atoms with Gasteiger partial charge in [-0.15, -0.1) is 11.3 Å². The van der Waals surface area contributed by atoms with Crippen LogP contribution < -0.4 is 16.0 Å². The maximum absolute atomic E-state index is 13.9. The number of carbonyl (C=O) groups is 4. The highest BCUT2D eigenvalue weighted by atomic mass is 32.1. The molecule has 0 aliphatic carbocycles. The van der Waals surface area contributed by atoms with Crippen molar-refractivity contribution in [2.75, 3.05) is 13.1 Å². The van der Waals surface area contributed by atoms with Crippen molar-refractivity contribution in [2.45, 2.75) is 201 Å². The predicted octanol–water partition coefficient (Wildman–Crippen LogP) is 9.77. The number of aryl methyl sites for hydroxylation is 1. The van der Waals surface area contributed by atoms with E-state index < -0.39 is 29.2 Å². The van der Waals surface area contributed by atoms with Crippen molar-refractivity contribution in [3.63, 3.8) is 0 Å². The molecule has 0 spiro atoms. The van der Waals surface area contributed by atoms with E-state index in [0.29, 0.717) is 19.5 Å². The Morgan fingerprint density at radius 1 is 0.797 bits per heavy atom. The number of alkyl carbamates (subject to hydrolysis) is 1. The number of thiazole rings is 1. The Kier molecular flexibility index (Phi) is 21.9. The van der Waals surface area contributed by atoms with Crippen molar-refractivity contribution in [3.8, 4) is 10.4 Å². The van der Waals surface area contributed by atoms with Crippen LogP contribution in [-0.4, -0.2) is 75.7 Å². The number of nitrogens with zero attached hydrogens (tertiary/aromatic N) is 2. The van der Waals surface area contributed by atoms with Crippen LogP contribution in [-0.2, 0) is 25.7 Å². The van der Waals surface area contributed by atoms with Crippen LogP contribution in [0.5, 0.6) is 0 Å². The van der Waals surface area contributed by atoms with Gasteiger partial charge in [-0.25, -0.2) is 9.78 Å². The van der Waals surface area contributed by atoms with E-state index >= 15 is 0 Å². The second-order valence-corrected chi connectivity index (χ2v) is 19.5. The number of amides is 4. The molecule has 0 radical (unpaired) electrons. The van der Waals surface area contributed by atoms with Gasteiger partial charge in [-0.1, -0.05) is 141 Å². The minimum absolute atomic E-state index is 0.0591. The van der Waals surface area contributed by atoms with E-state index in [9.17, 15) is 24.3 Å². The first kappa shape index (κ1) is 49.8. The van der Waals surface area contributed by atoms with Crippen LogP contribution in [0.2, 0.25) is 0 Å². The van der Waals surface area contributed by atoms with Gasteiger partial charge in [0.05, 0.1) is 22.2 Å². The molecule has 4 amide bonds. The number of benzene rings is 1. The summed E-state index contributed by atoms with van der Waals surface area (Å²) in [7, 11) is 0. The first-order valence-corrected chi connectivity index (χ1v) is 23.4. The summed E-state index contributed by atoms with van der Waals surface area (Å²) >= 11 is 1.59. The molecular weight excluding hydrogens is 763 g/mol. The van der Waals surface area contributed by atoms with Gasteiger partial charge in [-0.05, 0) is 57.1 Å². The molecule has 1 aromatic heterocycles. The topological polar surface area (TPSA) is 150 Å². The summed E-state index contributed by atoms with van der Waals surface area (Å²) in [6, 6.07) is 6.37. The van der Waals surface area contributed by atoms with Crippen LogP contribution in [0.4, 0.5) is 4.79 Å². The number of aromatic nitrogens is 1. The van der Waals surface area contributed by atoms with Crippen LogP contribution in [0.15, 0.2) is 29.8 Å². The first-order chi connectivity index (χ1) is 28.0. The Bertz CT molecular complexity index is 1550. The lowest BCUT2D eigenvalue weighted by molar-refractivity contribution is -0.144. The van der Waals surface area contributed by atoms with Gasteiger partial charge in [0, 0.05) is 32.5 Å². The van der Waals surface area contributed by atoms with E-state index in [1.165, 1.54) is 81.9 Å². The summed E-state index contributed by atoms with van der Waals surface area (Å²) in [6.07, 6.45) is 19.8. The van der Waals surface area contributed by atoms with Gasteiger partial charge in [-0.2, -0.15) is 0 Å². The fourth-order valence-corrected chi connectivity index (χ4v) is 8.39. The number of nitrogens with one attached hydrogen (secondary N) is 3. The van der Waals surface area contributed by atoms with Gasteiger partial charge in [0.25, 0.3) is 0 Å². The average molecular weight is 840 g/mol. The number of carbonyl (C=O) groups excluding carboxylic acids is 4. The zero-order valence-electron chi connectivity index (χ0n) is 37.5. The molecule has 0 bridgehead atoms. The minimum atomic E-state index is -0.809. The number of hydrogen-bond donors (Lipinski definition) is 4. The Hall–Kier alpha value is -3.51. The molecule has 1 aromatic carbocycles. The highest BCUT2D eigenvalue weighted by Crippen LogP contribution is 2.28. The van der Waals surface area contributed by atoms with Crippen LogP contribution >= 0.6 is 11.3 Å². The molecule has 11 nitrogen and oxygen atoms in total. The first-order valence-electron chi connectivity index (χ1n) is 22.6. The number of aliphatic hydroxyl groups excluding tert-OH is 1. The van der Waals surface area contributed by atoms with Crippen molar-refractivity contribution < 1.29 is 29.0 Å². The standard InChI is InChI=1S/C47H77N5O6S/c1-35-41(59-34-50-35)37-28-26-36(27-29-37)32-49-43(55)39-31-38(53)33-52(39)44(56)42(46(2,3)4)51-40(54)25-23-21-19-17-15-13-11-9-8-10-12-14-16-18-20-22-24-30-48-45(57)58-47(5,6)7/h26-29,34,38-39,42,53H,8-25,30-33H2,1-7H3,(H,48,57)(H,49,55)(H,51,54). The molecule has 2 aromatic rings. The second-order valence-electron chi connectivity index (χ2n) is 18.6. The van der Waals surface area contributed by atoms with Crippen LogP contribution in [0.3, 0.4) is 0 Å². The zero-order valence-corrected chi connectivity index (χ0v) is 38.3. The third kappa shape index (κ3) is 19.6. The summed E-state index contributed by atoms with van der Waals surface area (Å²) in [6.45, 7) is 14.4. The number of ether oxygens (including phenoxy) is 1. The number of likely N-dealkylation sites (tertiary alicyclic amines) is 1. The third-order valence-corrected chi connectivity index (χ3v) is 11.9. The van der Waals surface area contributed by atoms with E-state index in [0.717, 1.165) is 53.8 Å². The molecule has 0 saturated carbocycles. The number of aliphatic hydroxyl groups is 1. The molecule has 3 atom stereocenters. The molecule has 1 saturated heterocycles. The Morgan fingerprint density at radius 2 is 1.32 bits per heavy atom. The van der Waals surface area contributed by atoms with Crippen molar-refractivity contribution in [1.82, 2.24) is 25.8 Å². The van der Waals surface area contributed by atoms with Gasteiger partial charge in [0.15, 0.2) is 0 Å². The Balaban J connectivity index is 1.22. The fraction of sp³-hybridized carbons (Fsp3) is 0.723. The van der Waals surface area contributed by atoms with Crippen LogP contribution in [0.25, 0.3) is 10.4 Å². The molecule has 332 valence electrons. The molecule has 1 aliphatic rings. The van der Waals surface area contributed by atoms with E-state index in [1.54, 1.807) is 11.3 Å². The molecule has 1 fully saturated rings. The quantitative estimate of drug-likeness (QED) is 0.0689. The van der Waals surface area contributed by atoms with Crippen molar-refractivity contribution >= 4 is 35.2 Å². The average Bonchev–Trinajstić information content (AvgIpc) is 3.79. The molecule has 12 heteroatoms. The molecule has 59 heavy (non-hydrogen) atoms. The summed E-state index contributed by atoms with van der Waals surface area (Å²) in [5.74, 6) is -0.795. The lowest BCUT2D eigenvalue weighted by Gasteiger charge is -2.35. The highest BCUT2D eigenvalue weighted by Gasteiger charge is 2.44. The zero-order chi connectivity index (χ0) is 43.3. The largest absolute Gasteiger partial charge is 0.444 e.